The van der Waals surface area contributed by atoms with Crippen molar-refractivity contribution in [2.45, 2.75) is 19.1 Å². The van der Waals surface area contributed by atoms with Gasteiger partial charge in [-0.2, -0.15) is 0 Å². The maximum Gasteiger partial charge on any atom is 0.326 e. The number of para-hydroxylation sites is 1. The van der Waals surface area contributed by atoms with Gasteiger partial charge >= 0.3 is 5.97 Å². The van der Waals surface area contributed by atoms with Crippen molar-refractivity contribution in [1.82, 2.24) is 4.98 Å². The summed E-state index contributed by atoms with van der Waals surface area (Å²) in [6, 6.07) is 18.8. The fourth-order valence-electron chi connectivity index (χ4n) is 2.67. The first kappa shape index (κ1) is 14.6. The zero-order chi connectivity index (χ0) is 15.6. The molecule has 1 N–H and O–H groups in total. The molecule has 1 aromatic heterocycles. The normalized spacial score (nSPS) is 11.5. The van der Waals surface area contributed by atoms with Gasteiger partial charge in [0.2, 0.25) is 0 Å². The summed E-state index contributed by atoms with van der Waals surface area (Å²) in [5.74, 6) is -0.231. The van der Waals surface area contributed by atoms with Crippen molar-refractivity contribution >= 4 is 25.2 Å². The number of hydrogen-bond acceptors (Lipinski definition) is 2. The standard InChI is InChI=1S/C18H19NO2Si/c1-22(2,13-14-8-4-3-5-9-14)21-18(20)16-12-19-17-11-7-6-10-15(16)17/h3-12,19H,13H2,1-2H3. The molecule has 0 fully saturated rings. The highest BCUT2D eigenvalue weighted by molar-refractivity contribution is 6.72. The zero-order valence-electron chi connectivity index (χ0n) is 12.8. The molecule has 0 atom stereocenters. The number of nitrogens with one attached hydrogen (secondary N) is 1. The third-order valence-electron chi connectivity index (χ3n) is 3.65. The van der Waals surface area contributed by atoms with E-state index >= 15 is 0 Å². The van der Waals surface area contributed by atoms with E-state index in [4.69, 9.17) is 4.43 Å². The topological polar surface area (TPSA) is 42.1 Å². The molecule has 1 heterocycles. The Morgan fingerprint density at radius 3 is 2.50 bits per heavy atom. The Hall–Kier alpha value is -2.33. The molecule has 0 saturated carbocycles. The van der Waals surface area contributed by atoms with E-state index in [1.54, 1.807) is 6.20 Å². The van der Waals surface area contributed by atoms with E-state index in [1.807, 2.05) is 42.5 Å². The van der Waals surface area contributed by atoms with Gasteiger partial charge in [-0.05, 0) is 24.7 Å². The van der Waals surface area contributed by atoms with Crippen LogP contribution < -0.4 is 0 Å². The molecule has 0 unspecified atom stereocenters. The van der Waals surface area contributed by atoms with Crippen LogP contribution in [0, 0.1) is 0 Å². The Morgan fingerprint density at radius 1 is 1.05 bits per heavy atom. The summed E-state index contributed by atoms with van der Waals surface area (Å²) < 4.78 is 5.87. The van der Waals surface area contributed by atoms with Crippen molar-refractivity contribution in [1.29, 1.82) is 0 Å². The van der Waals surface area contributed by atoms with Crippen LogP contribution in [0.5, 0.6) is 0 Å². The molecule has 4 heteroatoms. The molecular formula is C18H19NO2Si. The Kier molecular flexibility index (Phi) is 3.86. The van der Waals surface area contributed by atoms with Crippen LogP contribution in [0.25, 0.3) is 10.9 Å². The summed E-state index contributed by atoms with van der Waals surface area (Å²) in [6.07, 6.45) is 1.74. The second-order valence-corrected chi connectivity index (χ2v) is 10.1. The van der Waals surface area contributed by atoms with E-state index in [1.165, 1.54) is 5.56 Å². The molecule has 0 saturated heterocycles. The monoisotopic (exact) mass is 309 g/mol. The van der Waals surface area contributed by atoms with Crippen LogP contribution in [0.3, 0.4) is 0 Å². The molecule has 3 rings (SSSR count). The van der Waals surface area contributed by atoms with Crippen LogP contribution in [0.4, 0.5) is 0 Å². The average molecular weight is 309 g/mol. The Bertz CT molecular complexity index is 793. The first-order valence-corrected chi connectivity index (χ1v) is 10.5. The Balaban J connectivity index is 1.78. The van der Waals surface area contributed by atoms with Crippen LogP contribution in [0.2, 0.25) is 13.1 Å². The number of aromatic amines is 1. The van der Waals surface area contributed by atoms with E-state index in [0.717, 1.165) is 16.9 Å². The Morgan fingerprint density at radius 2 is 1.73 bits per heavy atom. The molecule has 0 aliphatic rings. The first-order valence-electron chi connectivity index (χ1n) is 7.38. The third kappa shape index (κ3) is 3.12. The molecule has 0 radical (unpaired) electrons. The van der Waals surface area contributed by atoms with Gasteiger partial charge in [-0.25, -0.2) is 4.79 Å². The lowest BCUT2D eigenvalue weighted by Crippen LogP contribution is -2.36. The highest BCUT2D eigenvalue weighted by Gasteiger charge is 2.28. The number of H-pyrrole nitrogens is 1. The van der Waals surface area contributed by atoms with E-state index in [2.05, 4.69) is 30.2 Å². The minimum Gasteiger partial charge on any atom is -0.516 e. The number of carbonyl (C=O) groups excluding carboxylic acids is 1. The number of carbonyl (C=O) groups is 1. The van der Waals surface area contributed by atoms with Crippen molar-refractivity contribution in [3.8, 4) is 0 Å². The van der Waals surface area contributed by atoms with Gasteiger partial charge in [-0.1, -0.05) is 48.5 Å². The molecule has 0 amide bonds. The summed E-state index contributed by atoms with van der Waals surface area (Å²) in [4.78, 5) is 15.6. The van der Waals surface area contributed by atoms with Gasteiger partial charge in [0.25, 0.3) is 8.32 Å². The van der Waals surface area contributed by atoms with E-state index in [0.29, 0.717) is 5.56 Å². The van der Waals surface area contributed by atoms with Crippen molar-refractivity contribution in [2.75, 3.05) is 0 Å². The van der Waals surface area contributed by atoms with Crippen LogP contribution in [0.15, 0.2) is 60.8 Å². The van der Waals surface area contributed by atoms with Gasteiger partial charge in [0, 0.05) is 23.1 Å². The van der Waals surface area contributed by atoms with Gasteiger partial charge in [0.15, 0.2) is 0 Å². The number of rotatable bonds is 4. The van der Waals surface area contributed by atoms with Gasteiger partial charge < -0.3 is 9.41 Å². The predicted molar refractivity (Wildman–Crippen MR) is 91.3 cm³/mol. The first-order chi connectivity index (χ1) is 10.6. The smallest absolute Gasteiger partial charge is 0.326 e. The van der Waals surface area contributed by atoms with Gasteiger partial charge in [0.1, 0.15) is 0 Å². The predicted octanol–water partition coefficient (Wildman–Crippen LogP) is 4.31. The summed E-state index contributed by atoms with van der Waals surface area (Å²) in [6.45, 7) is 4.15. The summed E-state index contributed by atoms with van der Waals surface area (Å²) in [5, 5.41) is 0.914. The SMILES string of the molecule is C[Si](C)(Cc1ccccc1)OC(=O)c1c[nH]c2ccccc12. The van der Waals surface area contributed by atoms with Gasteiger partial charge in [-0.3, -0.25) is 0 Å². The van der Waals surface area contributed by atoms with Gasteiger partial charge in [0.05, 0.1) is 5.56 Å². The van der Waals surface area contributed by atoms with Crippen molar-refractivity contribution < 1.29 is 9.22 Å². The molecule has 22 heavy (non-hydrogen) atoms. The summed E-state index contributed by atoms with van der Waals surface area (Å²) >= 11 is 0. The Labute approximate surface area is 131 Å². The molecule has 3 nitrogen and oxygen atoms in total. The van der Waals surface area contributed by atoms with Crippen molar-refractivity contribution in [3.63, 3.8) is 0 Å². The van der Waals surface area contributed by atoms with Crippen LogP contribution in [0.1, 0.15) is 15.9 Å². The molecular weight excluding hydrogens is 290 g/mol. The fraction of sp³-hybridized carbons (Fsp3) is 0.167. The maximum absolute atomic E-state index is 12.5. The lowest BCUT2D eigenvalue weighted by atomic mass is 10.2. The molecule has 0 aliphatic heterocycles. The molecule has 0 aliphatic carbocycles. The van der Waals surface area contributed by atoms with E-state index in [-0.39, 0.29) is 5.97 Å². The van der Waals surface area contributed by atoms with E-state index < -0.39 is 8.32 Å². The highest BCUT2D eigenvalue weighted by Crippen LogP contribution is 2.21. The lowest BCUT2D eigenvalue weighted by molar-refractivity contribution is 0.0723. The lowest BCUT2D eigenvalue weighted by Gasteiger charge is -2.22. The van der Waals surface area contributed by atoms with Gasteiger partial charge in [-0.15, -0.1) is 0 Å². The van der Waals surface area contributed by atoms with Crippen molar-refractivity contribution in [3.05, 3.63) is 71.9 Å². The minimum atomic E-state index is -2.11. The average Bonchev–Trinajstić information content (AvgIpc) is 2.91. The highest BCUT2D eigenvalue weighted by atomic mass is 28.4. The number of hydrogen-bond donors (Lipinski definition) is 1. The van der Waals surface area contributed by atoms with Crippen molar-refractivity contribution in [2.24, 2.45) is 0 Å². The molecule has 3 aromatic rings. The molecule has 0 bridgehead atoms. The zero-order valence-corrected chi connectivity index (χ0v) is 13.8. The fourth-order valence-corrected chi connectivity index (χ4v) is 4.57. The quantitative estimate of drug-likeness (QED) is 0.730. The summed E-state index contributed by atoms with van der Waals surface area (Å²) in [7, 11) is -2.11. The van der Waals surface area contributed by atoms with Crippen LogP contribution in [-0.4, -0.2) is 19.3 Å². The van der Waals surface area contributed by atoms with Crippen LogP contribution in [-0.2, 0) is 10.5 Å². The summed E-state index contributed by atoms with van der Waals surface area (Å²) in [5.41, 5.74) is 2.78. The largest absolute Gasteiger partial charge is 0.516 e. The molecule has 0 spiro atoms. The third-order valence-corrected chi connectivity index (χ3v) is 5.65. The number of benzene rings is 2. The number of aromatic nitrogens is 1. The maximum atomic E-state index is 12.5. The minimum absolute atomic E-state index is 0.231. The number of fused-ring (bicyclic) bond motifs is 1. The second kappa shape index (κ2) is 5.81. The second-order valence-electron chi connectivity index (χ2n) is 6.06. The van der Waals surface area contributed by atoms with E-state index in [9.17, 15) is 4.79 Å². The van der Waals surface area contributed by atoms with Crippen LogP contribution >= 0.6 is 0 Å². The molecule has 112 valence electrons. The molecule has 2 aromatic carbocycles.